The van der Waals surface area contributed by atoms with E-state index in [1.165, 1.54) is 17.0 Å². The summed E-state index contributed by atoms with van der Waals surface area (Å²) in [6.07, 6.45) is -4.00. The van der Waals surface area contributed by atoms with Crippen LogP contribution in [0.1, 0.15) is 17.5 Å². The van der Waals surface area contributed by atoms with Crippen molar-refractivity contribution in [3.05, 3.63) is 35.4 Å². The minimum absolute atomic E-state index is 0.00310. The molecule has 0 bridgehead atoms. The third-order valence-electron chi connectivity index (χ3n) is 3.40. The summed E-state index contributed by atoms with van der Waals surface area (Å²) >= 11 is 0. The van der Waals surface area contributed by atoms with Crippen LogP contribution in [0.15, 0.2) is 29.3 Å². The van der Waals surface area contributed by atoms with Gasteiger partial charge in [0.05, 0.1) is 5.56 Å². The first-order chi connectivity index (χ1) is 11.1. The minimum Gasteiger partial charge on any atom is -0.356 e. The second-order valence-corrected chi connectivity index (χ2v) is 5.56. The molecule has 134 valence electrons. The SMILES string of the molecule is CN=C(NCCC(=O)N(C)C)N(C)Cc1ccc(C(F)(F)F)cc1. The predicted octanol–water partition coefficient (Wildman–Crippen LogP) is 2.19. The van der Waals surface area contributed by atoms with Gasteiger partial charge >= 0.3 is 6.18 Å². The molecule has 1 aromatic rings. The Morgan fingerprint density at radius 2 is 1.75 bits per heavy atom. The zero-order valence-corrected chi connectivity index (χ0v) is 14.3. The lowest BCUT2D eigenvalue weighted by Crippen LogP contribution is -2.40. The van der Waals surface area contributed by atoms with Gasteiger partial charge in [0.1, 0.15) is 0 Å². The maximum absolute atomic E-state index is 12.6. The van der Waals surface area contributed by atoms with Crippen LogP contribution >= 0.6 is 0 Å². The number of nitrogens with zero attached hydrogens (tertiary/aromatic N) is 3. The van der Waals surface area contributed by atoms with Crippen molar-refractivity contribution in [2.24, 2.45) is 4.99 Å². The van der Waals surface area contributed by atoms with Crippen LogP contribution in [0.3, 0.4) is 0 Å². The molecule has 0 aliphatic carbocycles. The van der Waals surface area contributed by atoms with Gasteiger partial charge in [-0.3, -0.25) is 9.79 Å². The summed E-state index contributed by atoms with van der Waals surface area (Å²) in [5, 5.41) is 3.06. The second kappa shape index (κ2) is 8.56. The third kappa shape index (κ3) is 6.10. The number of guanidine groups is 1. The average molecular weight is 344 g/mol. The summed E-state index contributed by atoms with van der Waals surface area (Å²) in [7, 11) is 6.77. The van der Waals surface area contributed by atoms with E-state index in [1.54, 1.807) is 33.1 Å². The first kappa shape index (κ1) is 19.8. The van der Waals surface area contributed by atoms with Crippen LogP contribution in [-0.4, -0.2) is 56.4 Å². The third-order valence-corrected chi connectivity index (χ3v) is 3.40. The van der Waals surface area contributed by atoms with Gasteiger partial charge in [-0.25, -0.2) is 0 Å². The van der Waals surface area contributed by atoms with Crippen molar-refractivity contribution < 1.29 is 18.0 Å². The molecular weight excluding hydrogens is 321 g/mol. The van der Waals surface area contributed by atoms with Gasteiger partial charge in [-0.15, -0.1) is 0 Å². The Morgan fingerprint density at radius 3 is 2.21 bits per heavy atom. The zero-order chi connectivity index (χ0) is 18.3. The Hall–Kier alpha value is -2.25. The molecule has 0 saturated heterocycles. The van der Waals surface area contributed by atoms with Crippen LogP contribution in [0, 0.1) is 0 Å². The highest BCUT2D eigenvalue weighted by molar-refractivity contribution is 5.81. The summed E-state index contributed by atoms with van der Waals surface area (Å²) in [4.78, 5) is 18.9. The van der Waals surface area contributed by atoms with E-state index >= 15 is 0 Å². The van der Waals surface area contributed by atoms with Gasteiger partial charge in [-0.05, 0) is 17.7 Å². The van der Waals surface area contributed by atoms with Crippen molar-refractivity contribution in [2.75, 3.05) is 34.7 Å². The van der Waals surface area contributed by atoms with Crippen LogP contribution in [0.25, 0.3) is 0 Å². The minimum atomic E-state index is -4.33. The van der Waals surface area contributed by atoms with Crippen molar-refractivity contribution in [3.8, 4) is 0 Å². The molecule has 0 atom stereocenters. The molecule has 0 unspecified atom stereocenters. The first-order valence-corrected chi connectivity index (χ1v) is 7.43. The maximum atomic E-state index is 12.6. The van der Waals surface area contributed by atoms with Crippen LogP contribution in [0.2, 0.25) is 0 Å². The van der Waals surface area contributed by atoms with Crippen molar-refractivity contribution in [3.63, 3.8) is 0 Å². The number of aliphatic imine (C=N–C) groups is 1. The monoisotopic (exact) mass is 344 g/mol. The molecule has 1 aromatic carbocycles. The molecule has 0 aromatic heterocycles. The topological polar surface area (TPSA) is 47.9 Å². The van der Waals surface area contributed by atoms with Crippen molar-refractivity contribution in [1.29, 1.82) is 0 Å². The highest BCUT2D eigenvalue weighted by atomic mass is 19.4. The number of hydrogen-bond donors (Lipinski definition) is 1. The molecule has 1 N–H and O–H groups in total. The van der Waals surface area contributed by atoms with E-state index in [9.17, 15) is 18.0 Å². The van der Waals surface area contributed by atoms with Gasteiger partial charge in [-0.2, -0.15) is 13.2 Å². The summed E-state index contributed by atoms with van der Waals surface area (Å²) in [5.74, 6) is 0.574. The summed E-state index contributed by atoms with van der Waals surface area (Å²) < 4.78 is 37.7. The quantitative estimate of drug-likeness (QED) is 0.658. The van der Waals surface area contributed by atoms with Crippen LogP contribution < -0.4 is 5.32 Å². The Morgan fingerprint density at radius 1 is 1.17 bits per heavy atom. The molecule has 24 heavy (non-hydrogen) atoms. The molecule has 0 saturated carbocycles. The highest BCUT2D eigenvalue weighted by Gasteiger charge is 2.29. The van der Waals surface area contributed by atoms with E-state index in [0.29, 0.717) is 25.5 Å². The highest BCUT2D eigenvalue weighted by Crippen LogP contribution is 2.29. The number of nitrogens with one attached hydrogen (secondary N) is 1. The number of rotatable bonds is 5. The van der Waals surface area contributed by atoms with Crippen molar-refractivity contribution >= 4 is 11.9 Å². The van der Waals surface area contributed by atoms with Gasteiger partial charge in [0.25, 0.3) is 0 Å². The maximum Gasteiger partial charge on any atom is 0.416 e. The van der Waals surface area contributed by atoms with Crippen LogP contribution in [-0.2, 0) is 17.5 Å². The van der Waals surface area contributed by atoms with Gasteiger partial charge in [0.15, 0.2) is 5.96 Å². The van der Waals surface area contributed by atoms with Crippen LogP contribution in [0.4, 0.5) is 13.2 Å². The zero-order valence-electron chi connectivity index (χ0n) is 14.3. The molecule has 0 fully saturated rings. The predicted molar refractivity (Wildman–Crippen MR) is 87.6 cm³/mol. The normalized spacial score (nSPS) is 12.0. The molecule has 1 amide bonds. The molecular formula is C16H23F3N4O. The number of halogens is 3. The molecule has 0 radical (unpaired) electrons. The van der Waals surface area contributed by atoms with Gasteiger partial charge in [-0.1, -0.05) is 12.1 Å². The number of alkyl halides is 3. The van der Waals surface area contributed by atoms with E-state index in [0.717, 1.165) is 17.7 Å². The molecule has 0 heterocycles. The fourth-order valence-electron chi connectivity index (χ4n) is 2.04. The Labute approximate surface area is 140 Å². The summed E-state index contributed by atoms with van der Waals surface area (Å²) in [6.45, 7) is 0.834. The van der Waals surface area contributed by atoms with Crippen LogP contribution in [0.5, 0.6) is 0 Å². The fourth-order valence-corrected chi connectivity index (χ4v) is 2.04. The van der Waals surface area contributed by atoms with E-state index in [4.69, 9.17) is 0 Å². The van der Waals surface area contributed by atoms with Gasteiger partial charge in [0, 0.05) is 47.7 Å². The number of amides is 1. The Kier molecular flexibility index (Phi) is 7.06. The number of carbonyl (C=O) groups excluding carboxylic acids is 1. The number of benzene rings is 1. The number of hydrogen-bond acceptors (Lipinski definition) is 2. The Bertz CT molecular complexity index is 568. The lowest BCUT2D eigenvalue weighted by molar-refractivity contribution is -0.137. The van der Waals surface area contributed by atoms with E-state index in [1.807, 2.05) is 0 Å². The lowest BCUT2D eigenvalue weighted by atomic mass is 10.1. The fraction of sp³-hybridized carbons (Fsp3) is 0.500. The smallest absolute Gasteiger partial charge is 0.356 e. The molecule has 8 heteroatoms. The van der Waals surface area contributed by atoms with Crippen molar-refractivity contribution in [2.45, 2.75) is 19.1 Å². The summed E-state index contributed by atoms with van der Waals surface area (Å²) in [5.41, 5.74) is 0.0661. The largest absolute Gasteiger partial charge is 0.416 e. The van der Waals surface area contributed by atoms with Gasteiger partial charge < -0.3 is 15.1 Å². The lowest BCUT2D eigenvalue weighted by Gasteiger charge is -2.22. The molecule has 0 aliphatic heterocycles. The molecule has 1 rings (SSSR count). The van der Waals surface area contributed by atoms with E-state index in [-0.39, 0.29) is 5.91 Å². The standard InChI is InChI=1S/C16H23F3N4O/c1-20-15(21-10-9-14(24)22(2)3)23(4)11-12-5-7-13(8-6-12)16(17,18)19/h5-8H,9-11H2,1-4H3,(H,20,21). The molecule has 0 aliphatic rings. The second-order valence-electron chi connectivity index (χ2n) is 5.56. The van der Waals surface area contributed by atoms with Gasteiger partial charge in [0.2, 0.25) is 5.91 Å². The Balaban J connectivity index is 2.58. The molecule has 5 nitrogen and oxygen atoms in total. The molecule has 0 spiro atoms. The first-order valence-electron chi connectivity index (χ1n) is 7.43. The van der Waals surface area contributed by atoms with E-state index in [2.05, 4.69) is 10.3 Å². The summed E-state index contributed by atoms with van der Waals surface area (Å²) in [6, 6.07) is 5.02. The number of carbonyl (C=O) groups is 1. The van der Waals surface area contributed by atoms with Crippen molar-refractivity contribution in [1.82, 2.24) is 15.1 Å². The average Bonchev–Trinajstić information content (AvgIpc) is 2.50. The van der Waals surface area contributed by atoms with E-state index < -0.39 is 11.7 Å².